The van der Waals surface area contributed by atoms with Crippen molar-refractivity contribution in [2.75, 3.05) is 7.11 Å². The summed E-state index contributed by atoms with van der Waals surface area (Å²) in [5, 5.41) is 6.17. The van der Waals surface area contributed by atoms with E-state index in [0.29, 0.717) is 0 Å². The molecule has 0 aliphatic carbocycles. The summed E-state index contributed by atoms with van der Waals surface area (Å²) in [4.78, 5) is 5.09. The maximum atomic E-state index is 5.35. The normalized spacial score (nSPS) is 11.5. The number of hydrogen-bond acceptors (Lipinski definition) is 3. The lowest BCUT2D eigenvalue weighted by atomic mass is 9.94. The van der Waals surface area contributed by atoms with Crippen molar-refractivity contribution in [3.05, 3.63) is 94.5 Å². The van der Waals surface area contributed by atoms with Gasteiger partial charge in [0.05, 0.1) is 24.1 Å². The first-order valence-electron chi connectivity index (χ1n) is 12.0. The van der Waals surface area contributed by atoms with E-state index in [9.17, 15) is 0 Å². The van der Waals surface area contributed by atoms with Crippen LogP contribution in [0.15, 0.2) is 55.1 Å². The maximum absolute atomic E-state index is 5.35. The fourth-order valence-corrected chi connectivity index (χ4v) is 5.34. The fraction of sp³-hybridized carbons (Fsp3) is 0.267. The van der Waals surface area contributed by atoms with E-state index in [1.807, 2.05) is 22.7 Å². The second-order valence-corrected chi connectivity index (χ2v) is 9.47. The highest BCUT2D eigenvalue weighted by Gasteiger charge is 2.22. The molecule has 5 heteroatoms. The molecule has 5 aromatic rings. The predicted octanol–water partition coefficient (Wildman–Crippen LogP) is 6.68. The van der Waals surface area contributed by atoms with Gasteiger partial charge in [0.15, 0.2) is 5.65 Å². The lowest BCUT2D eigenvalue weighted by Gasteiger charge is -2.13. The summed E-state index contributed by atoms with van der Waals surface area (Å²) >= 11 is 0. The molecule has 3 heterocycles. The first kappa shape index (κ1) is 22.9. The number of nitrogens with zero attached hydrogens (tertiary/aromatic N) is 4. The van der Waals surface area contributed by atoms with E-state index in [1.54, 1.807) is 7.11 Å². The molecule has 0 spiro atoms. The highest BCUT2D eigenvalue weighted by atomic mass is 16.5. The minimum atomic E-state index is 0.728. The average molecular weight is 465 g/mol. The zero-order valence-electron chi connectivity index (χ0n) is 21.4. The number of benzene rings is 2. The van der Waals surface area contributed by atoms with Crippen molar-refractivity contribution in [3.63, 3.8) is 0 Å². The summed E-state index contributed by atoms with van der Waals surface area (Å²) in [5.74, 6) is 0.857. The van der Waals surface area contributed by atoms with Crippen LogP contribution in [0.1, 0.15) is 39.3 Å². The van der Waals surface area contributed by atoms with Crippen LogP contribution in [0.25, 0.3) is 27.8 Å². The molecule has 0 aliphatic heterocycles. The van der Waals surface area contributed by atoms with Gasteiger partial charge >= 0.3 is 0 Å². The number of hydrogen-bond donors (Lipinski definition) is 0. The Labute approximate surface area is 206 Å². The van der Waals surface area contributed by atoms with Crippen LogP contribution in [0.3, 0.4) is 0 Å². The van der Waals surface area contributed by atoms with E-state index < -0.39 is 0 Å². The van der Waals surface area contributed by atoms with Gasteiger partial charge in [0, 0.05) is 24.0 Å². The van der Waals surface area contributed by atoms with E-state index in [2.05, 4.69) is 76.1 Å². The van der Waals surface area contributed by atoms with E-state index >= 15 is 0 Å². The standard InChI is InChI=1S/C30H32N4O/c1-8-9-24-16-26-21(5)31-29-28(27-19(3)14-18(2)15-20(27)4)22(6)32-34(29)30(26)33(24)17-23-10-12-25(35-7)13-11-23/h8,10-16H,1,9,17H2,2-7H3. The Morgan fingerprint density at radius 1 is 0.914 bits per heavy atom. The van der Waals surface area contributed by atoms with E-state index in [-0.39, 0.29) is 0 Å². The van der Waals surface area contributed by atoms with Crippen molar-refractivity contribution >= 4 is 16.7 Å². The van der Waals surface area contributed by atoms with Crippen molar-refractivity contribution in [2.24, 2.45) is 0 Å². The lowest BCUT2D eigenvalue weighted by molar-refractivity contribution is 0.414. The maximum Gasteiger partial charge on any atom is 0.165 e. The first-order valence-corrected chi connectivity index (χ1v) is 12.0. The second-order valence-electron chi connectivity index (χ2n) is 9.47. The molecule has 5 rings (SSSR count). The molecule has 2 aromatic carbocycles. The van der Waals surface area contributed by atoms with Crippen LogP contribution in [0.4, 0.5) is 0 Å². The third-order valence-electron chi connectivity index (χ3n) is 6.83. The van der Waals surface area contributed by atoms with Crippen LogP contribution in [0.5, 0.6) is 5.75 Å². The molecule has 0 amide bonds. The van der Waals surface area contributed by atoms with Crippen LogP contribution in [0.2, 0.25) is 0 Å². The van der Waals surface area contributed by atoms with Crippen molar-refractivity contribution < 1.29 is 4.74 Å². The van der Waals surface area contributed by atoms with Gasteiger partial charge in [-0.1, -0.05) is 35.9 Å². The Morgan fingerprint density at radius 2 is 1.60 bits per heavy atom. The Bertz CT molecular complexity index is 1560. The molecule has 5 nitrogen and oxygen atoms in total. The molecular formula is C30H32N4O. The topological polar surface area (TPSA) is 44.4 Å². The number of allylic oxidation sites excluding steroid dienone is 1. The van der Waals surface area contributed by atoms with Gasteiger partial charge in [-0.15, -0.1) is 6.58 Å². The molecule has 0 radical (unpaired) electrons. The Kier molecular flexibility index (Phi) is 5.72. The second kappa shape index (κ2) is 8.73. The predicted molar refractivity (Wildman–Crippen MR) is 144 cm³/mol. The molecular weight excluding hydrogens is 432 g/mol. The molecule has 0 unspecified atom stereocenters. The van der Waals surface area contributed by atoms with Gasteiger partial charge in [-0.25, -0.2) is 4.98 Å². The highest BCUT2D eigenvalue weighted by Crippen LogP contribution is 2.36. The first-order chi connectivity index (χ1) is 16.8. The minimum absolute atomic E-state index is 0.728. The summed E-state index contributed by atoms with van der Waals surface area (Å²) in [7, 11) is 1.69. The van der Waals surface area contributed by atoms with Crippen LogP contribution in [-0.4, -0.2) is 26.3 Å². The van der Waals surface area contributed by atoms with E-state index in [1.165, 1.54) is 33.5 Å². The molecule has 0 atom stereocenters. The van der Waals surface area contributed by atoms with Crippen molar-refractivity contribution in [1.82, 2.24) is 19.2 Å². The van der Waals surface area contributed by atoms with E-state index in [4.69, 9.17) is 14.8 Å². The van der Waals surface area contributed by atoms with Crippen LogP contribution in [0, 0.1) is 34.6 Å². The van der Waals surface area contributed by atoms with Gasteiger partial charge < -0.3 is 9.30 Å². The molecule has 0 saturated carbocycles. The molecule has 35 heavy (non-hydrogen) atoms. The SMILES string of the molecule is C=CCc1cc2c(C)nc3c(-c4c(C)cc(C)cc4C)c(C)nn3c2n1Cc1ccc(OC)cc1. The van der Waals surface area contributed by atoms with Crippen molar-refractivity contribution in [2.45, 2.75) is 47.6 Å². The molecule has 3 aromatic heterocycles. The number of fused-ring (bicyclic) bond motifs is 3. The highest BCUT2D eigenvalue weighted by molar-refractivity contribution is 5.90. The van der Waals surface area contributed by atoms with Crippen LogP contribution >= 0.6 is 0 Å². The Balaban J connectivity index is 1.80. The number of aryl methyl sites for hydroxylation is 5. The Hall–Kier alpha value is -3.86. The summed E-state index contributed by atoms with van der Waals surface area (Å²) < 4.78 is 9.75. The fourth-order valence-electron chi connectivity index (χ4n) is 5.34. The third kappa shape index (κ3) is 3.81. The van der Waals surface area contributed by atoms with Gasteiger partial charge in [0.25, 0.3) is 0 Å². The zero-order valence-corrected chi connectivity index (χ0v) is 21.4. The molecule has 0 fully saturated rings. The van der Waals surface area contributed by atoms with Gasteiger partial charge in [-0.05, 0) is 75.1 Å². The monoisotopic (exact) mass is 464 g/mol. The van der Waals surface area contributed by atoms with Crippen molar-refractivity contribution in [1.29, 1.82) is 0 Å². The number of ether oxygens (including phenoxy) is 1. The van der Waals surface area contributed by atoms with Gasteiger partial charge in [-0.2, -0.15) is 9.61 Å². The molecule has 0 saturated heterocycles. The molecule has 0 bridgehead atoms. The smallest absolute Gasteiger partial charge is 0.165 e. The van der Waals surface area contributed by atoms with Crippen LogP contribution in [-0.2, 0) is 13.0 Å². The largest absolute Gasteiger partial charge is 0.497 e. The van der Waals surface area contributed by atoms with Crippen LogP contribution < -0.4 is 4.74 Å². The molecule has 0 aliphatic rings. The quantitative estimate of drug-likeness (QED) is 0.263. The lowest BCUT2D eigenvalue weighted by Crippen LogP contribution is -2.08. The Morgan fingerprint density at radius 3 is 2.23 bits per heavy atom. The van der Waals surface area contributed by atoms with Gasteiger partial charge in [-0.3, -0.25) is 0 Å². The average Bonchev–Trinajstić information content (AvgIpc) is 3.32. The van der Waals surface area contributed by atoms with Gasteiger partial charge in [0.1, 0.15) is 11.4 Å². The third-order valence-corrected chi connectivity index (χ3v) is 6.83. The summed E-state index contributed by atoms with van der Waals surface area (Å²) in [6.07, 6.45) is 2.73. The minimum Gasteiger partial charge on any atom is -0.497 e. The summed E-state index contributed by atoms with van der Waals surface area (Å²) in [5.41, 5.74) is 12.5. The van der Waals surface area contributed by atoms with Gasteiger partial charge in [0.2, 0.25) is 0 Å². The number of methoxy groups -OCH3 is 1. The van der Waals surface area contributed by atoms with E-state index in [0.717, 1.165) is 52.3 Å². The summed E-state index contributed by atoms with van der Waals surface area (Å²) in [6.45, 7) is 15.4. The van der Waals surface area contributed by atoms with Crippen molar-refractivity contribution in [3.8, 4) is 16.9 Å². The molecule has 0 N–H and O–H groups in total. The number of rotatable bonds is 6. The molecule has 178 valence electrons. The summed E-state index contributed by atoms with van der Waals surface area (Å²) in [6, 6.07) is 15.0. The zero-order chi connectivity index (χ0) is 24.9. The number of aromatic nitrogens is 4.